The molecule has 0 aromatic carbocycles. The number of carbonyl (C=O) groups is 1. The molecule has 1 saturated heterocycles. The summed E-state index contributed by atoms with van der Waals surface area (Å²) < 4.78 is 1.91. The third kappa shape index (κ3) is 2.56. The number of likely N-dealkylation sites (tertiary alicyclic amines) is 1. The molecule has 3 aromatic heterocycles. The van der Waals surface area contributed by atoms with E-state index < -0.39 is 0 Å². The fourth-order valence-electron chi connectivity index (χ4n) is 3.22. The number of piperidine rings is 1. The molecule has 1 aliphatic heterocycles. The first-order valence-electron chi connectivity index (χ1n) is 7.81. The first-order chi connectivity index (χ1) is 11.3. The predicted molar refractivity (Wildman–Crippen MR) is 85.1 cm³/mol. The van der Waals surface area contributed by atoms with Crippen molar-refractivity contribution in [1.29, 1.82) is 0 Å². The van der Waals surface area contributed by atoms with E-state index in [0.717, 1.165) is 31.6 Å². The van der Waals surface area contributed by atoms with E-state index >= 15 is 0 Å². The number of carbonyl (C=O) groups excluding carboxylic acids is 1. The minimum absolute atomic E-state index is 0.0878. The lowest BCUT2D eigenvalue weighted by atomic mass is 9.93. The van der Waals surface area contributed by atoms with Crippen LogP contribution in [0.5, 0.6) is 0 Å². The largest absolute Gasteiger partial charge is 0.339 e. The zero-order valence-corrected chi connectivity index (χ0v) is 12.7. The molecule has 4 heterocycles. The summed E-state index contributed by atoms with van der Waals surface area (Å²) in [7, 11) is 0. The predicted octanol–water partition coefficient (Wildman–Crippen LogP) is 2.14. The van der Waals surface area contributed by atoms with Crippen LogP contribution >= 0.6 is 0 Å². The highest BCUT2D eigenvalue weighted by atomic mass is 16.2. The van der Waals surface area contributed by atoms with Crippen molar-refractivity contribution in [3.8, 4) is 0 Å². The third-order valence-corrected chi connectivity index (χ3v) is 4.45. The van der Waals surface area contributed by atoms with Gasteiger partial charge in [0.25, 0.3) is 5.91 Å². The van der Waals surface area contributed by atoms with Crippen molar-refractivity contribution in [2.45, 2.75) is 18.8 Å². The van der Waals surface area contributed by atoms with Crippen molar-refractivity contribution < 1.29 is 4.79 Å². The van der Waals surface area contributed by atoms with E-state index in [0.29, 0.717) is 11.5 Å². The minimum atomic E-state index is 0.0878. The van der Waals surface area contributed by atoms with Crippen molar-refractivity contribution in [3.05, 3.63) is 60.3 Å². The molecule has 0 radical (unpaired) electrons. The standard InChI is InChI=1S/C17H17N5O/c23-17(14-1-7-18-8-2-14)21-11-5-13(6-12-21)15-3-9-19-16-4-10-20-22(15)16/h1-4,7-10,13H,5-6,11-12H2. The van der Waals surface area contributed by atoms with Gasteiger partial charge in [-0.25, -0.2) is 9.50 Å². The van der Waals surface area contributed by atoms with Crippen LogP contribution in [0.2, 0.25) is 0 Å². The number of rotatable bonds is 2. The highest BCUT2D eigenvalue weighted by molar-refractivity contribution is 5.94. The van der Waals surface area contributed by atoms with Crippen LogP contribution in [0.4, 0.5) is 0 Å². The molecular formula is C17H17N5O. The van der Waals surface area contributed by atoms with E-state index in [9.17, 15) is 4.79 Å². The molecule has 116 valence electrons. The first-order valence-corrected chi connectivity index (χ1v) is 7.81. The molecule has 0 aliphatic carbocycles. The maximum absolute atomic E-state index is 12.5. The van der Waals surface area contributed by atoms with E-state index in [2.05, 4.69) is 15.1 Å². The monoisotopic (exact) mass is 307 g/mol. The Hall–Kier alpha value is -2.76. The third-order valence-electron chi connectivity index (χ3n) is 4.45. The molecule has 3 aromatic rings. The summed E-state index contributed by atoms with van der Waals surface area (Å²) in [5.74, 6) is 0.492. The van der Waals surface area contributed by atoms with E-state index in [1.165, 1.54) is 5.69 Å². The lowest BCUT2D eigenvalue weighted by Gasteiger charge is -2.32. The molecule has 0 bridgehead atoms. The maximum Gasteiger partial charge on any atom is 0.253 e. The second kappa shape index (κ2) is 5.79. The lowest BCUT2D eigenvalue weighted by Crippen LogP contribution is -2.38. The van der Waals surface area contributed by atoms with Gasteiger partial charge in [-0.1, -0.05) is 0 Å². The Morgan fingerprint density at radius 2 is 1.78 bits per heavy atom. The highest BCUT2D eigenvalue weighted by Gasteiger charge is 2.26. The summed E-state index contributed by atoms with van der Waals surface area (Å²) in [6, 6.07) is 7.48. The molecule has 0 saturated carbocycles. The van der Waals surface area contributed by atoms with Crippen LogP contribution in [0.3, 0.4) is 0 Å². The quantitative estimate of drug-likeness (QED) is 0.727. The lowest BCUT2D eigenvalue weighted by molar-refractivity contribution is 0.0711. The molecule has 6 nitrogen and oxygen atoms in total. The van der Waals surface area contributed by atoms with Crippen LogP contribution in [0.1, 0.15) is 34.8 Å². The van der Waals surface area contributed by atoms with Gasteiger partial charge in [0.05, 0.1) is 6.20 Å². The summed E-state index contributed by atoms with van der Waals surface area (Å²) in [5, 5.41) is 4.36. The average molecular weight is 307 g/mol. The normalized spacial score (nSPS) is 15.9. The second-order valence-electron chi connectivity index (χ2n) is 5.77. The van der Waals surface area contributed by atoms with Gasteiger partial charge in [-0.3, -0.25) is 9.78 Å². The van der Waals surface area contributed by atoms with Crippen molar-refractivity contribution in [3.63, 3.8) is 0 Å². The number of hydrogen-bond acceptors (Lipinski definition) is 4. The van der Waals surface area contributed by atoms with Crippen LogP contribution in [-0.2, 0) is 0 Å². The molecule has 0 spiro atoms. The Labute approximate surface area is 133 Å². The van der Waals surface area contributed by atoms with Crippen LogP contribution in [0.15, 0.2) is 49.1 Å². The van der Waals surface area contributed by atoms with Crippen molar-refractivity contribution >= 4 is 11.6 Å². The number of nitrogens with zero attached hydrogens (tertiary/aromatic N) is 5. The van der Waals surface area contributed by atoms with E-state index in [-0.39, 0.29) is 5.91 Å². The summed E-state index contributed by atoms with van der Waals surface area (Å²) >= 11 is 0. The summed E-state index contributed by atoms with van der Waals surface area (Å²) in [5.41, 5.74) is 2.76. The van der Waals surface area contributed by atoms with Gasteiger partial charge in [0, 0.05) is 54.9 Å². The fourth-order valence-corrected chi connectivity index (χ4v) is 3.22. The molecule has 1 fully saturated rings. The van der Waals surface area contributed by atoms with Crippen molar-refractivity contribution in [2.75, 3.05) is 13.1 Å². The Bertz CT molecular complexity index is 821. The summed E-state index contributed by atoms with van der Waals surface area (Å²) in [6.45, 7) is 1.52. The Balaban J connectivity index is 1.49. The molecular weight excluding hydrogens is 290 g/mol. The van der Waals surface area contributed by atoms with E-state index in [1.807, 2.05) is 27.7 Å². The molecule has 6 heteroatoms. The Morgan fingerprint density at radius 1 is 1.00 bits per heavy atom. The van der Waals surface area contributed by atoms with Gasteiger partial charge in [0.2, 0.25) is 0 Å². The first kappa shape index (κ1) is 13.9. The molecule has 23 heavy (non-hydrogen) atoms. The van der Waals surface area contributed by atoms with Crippen LogP contribution in [0.25, 0.3) is 5.65 Å². The Kier molecular flexibility index (Phi) is 3.49. The minimum Gasteiger partial charge on any atom is -0.339 e. The molecule has 1 amide bonds. The van der Waals surface area contributed by atoms with Gasteiger partial charge in [0.15, 0.2) is 5.65 Å². The second-order valence-corrected chi connectivity index (χ2v) is 5.77. The SMILES string of the molecule is O=C(c1ccncc1)N1CCC(c2ccnc3ccnn23)CC1. The van der Waals surface area contributed by atoms with Gasteiger partial charge >= 0.3 is 0 Å². The summed E-state index contributed by atoms with van der Waals surface area (Å²) in [4.78, 5) is 22.7. The maximum atomic E-state index is 12.5. The van der Waals surface area contributed by atoms with Crippen LogP contribution in [-0.4, -0.2) is 43.5 Å². The highest BCUT2D eigenvalue weighted by Crippen LogP contribution is 2.28. The topological polar surface area (TPSA) is 63.4 Å². The van der Waals surface area contributed by atoms with Gasteiger partial charge in [-0.05, 0) is 31.0 Å². The zero-order chi connectivity index (χ0) is 15.6. The molecule has 0 unspecified atom stereocenters. The van der Waals surface area contributed by atoms with Gasteiger partial charge in [-0.2, -0.15) is 5.10 Å². The average Bonchev–Trinajstić information content (AvgIpc) is 3.11. The number of pyridine rings is 1. The van der Waals surface area contributed by atoms with Gasteiger partial charge in [0.1, 0.15) is 0 Å². The summed E-state index contributed by atoms with van der Waals surface area (Å²) in [6.07, 6.45) is 8.80. The number of fused-ring (bicyclic) bond motifs is 1. The zero-order valence-electron chi connectivity index (χ0n) is 12.7. The molecule has 0 N–H and O–H groups in total. The van der Waals surface area contributed by atoms with Crippen LogP contribution < -0.4 is 0 Å². The van der Waals surface area contributed by atoms with Gasteiger partial charge < -0.3 is 4.90 Å². The van der Waals surface area contributed by atoms with E-state index in [1.54, 1.807) is 30.7 Å². The number of hydrogen-bond donors (Lipinski definition) is 0. The van der Waals surface area contributed by atoms with Crippen LogP contribution in [0, 0.1) is 0 Å². The number of aromatic nitrogens is 4. The molecule has 1 aliphatic rings. The molecule has 0 atom stereocenters. The number of amides is 1. The smallest absolute Gasteiger partial charge is 0.253 e. The molecule has 4 rings (SSSR count). The van der Waals surface area contributed by atoms with E-state index in [4.69, 9.17) is 0 Å². The van der Waals surface area contributed by atoms with Gasteiger partial charge in [-0.15, -0.1) is 0 Å². The Morgan fingerprint density at radius 3 is 2.57 bits per heavy atom. The van der Waals surface area contributed by atoms with Crippen molar-refractivity contribution in [1.82, 2.24) is 24.5 Å². The van der Waals surface area contributed by atoms with Crippen molar-refractivity contribution in [2.24, 2.45) is 0 Å². The fraction of sp³-hybridized carbons (Fsp3) is 0.294.